The Morgan fingerprint density at radius 2 is 1.62 bits per heavy atom. The number of carbonyl (C=O) groups is 2. The summed E-state index contributed by atoms with van der Waals surface area (Å²) in [5.74, 6) is 0.328. The number of amides is 2. The zero-order valence-electron chi connectivity index (χ0n) is 16.6. The smallest absolute Gasteiger partial charge is 0.293 e. The molecule has 1 aliphatic rings. The SMILES string of the molecule is O=C1S/C(=C/c2cc(Br)c(OCc3ccccc3Cl)c(Br)c2)C(=O)N1Cc1ccccc1. The molecule has 0 aromatic heterocycles. The molecule has 0 spiro atoms. The van der Waals surface area contributed by atoms with Crippen LogP contribution in [0.1, 0.15) is 16.7 Å². The van der Waals surface area contributed by atoms with Crippen LogP contribution in [0.2, 0.25) is 5.02 Å². The van der Waals surface area contributed by atoms with Gasteiger partial charge in [-0.05, 0) is 79.0 Å². The number of nitrogens with zero attached hydrogens (tertiary/aromatic N) is 1. The number of rotatable bonds is 6. The van der Waals surface area contributed by atoms with E-state index in [1.807, 2.05) is 66.7 Å². The molecule has 1 aliphatic heterocycles. The first-order chi connectivity index (χ1) is 15.4. The molecule has 162 valence electrons. The van der Waals surface area contributed by atoms with Crippen LogP contribution < -0.4 is 4.74 Å². The molecule has 1 heterocycles. The van der Waals surface area contributed by atoms with Gasteiger partial charge >= 0.3 is 0 Å². The minimum Gasteiger partial charge on any atom is -0.486 e. The van der Waals surface area contributed by atoms with Crippen molar-refractivity contribution in [1.82, 2.24) is 4.90 Å². The fourth-order valence-corrected chi connectivity index (χ4v) is 5.60. The average Bonchev–Trinajstić information content (AvgIpc) is 3.02. The van der Waals surface area contributed by atoms with Gasteiger partial charge in [-0.15, -0.1) is 0 Å². The number of benzene rings is 3. The normalized spacial score (nSPS) is 15.0. The molecular formula is C24H16Br2ClNO3S. The van der Waals surface area contributed by atoms with E-state index in [4.69, 9.17) is 16.3 Å². The first-order valence-electron chi connectivity index (χ1n) is 9.57. The molecule has 8 heteroatoms. The Kier molecular flexibility index (Phi) is 7.40. The highest BCUT2D eigenvalue weighted by Crippen LogP contribution is 2.38. The van der Waals surface area contributed by atoms with Crippen LogP contribution in [0.15, 0.2) is 80.6 Å². The number of hydrogen-bond acceptors (Lipinski definition) is 4. The molecular weight excluding hydrogens is 578 g/mol. The van der Waals surface area contributed by atoms with Crippen molar-refractivity contribution in [2.24, 2.45) is 0 Å². The summed E-state index contributed by atoms with van der Waals surface area (Å²) in [6, 6.07) is 20.6. The number of ether oxygens (including phenoxy) is 1. The molecule has 1 fully saturated rings. The third kappa shape index (κ3) is 5.29. The summed E-state index contributed by atoms with van der Waals surface area (Å²) < 4.78 is 7.38. The molecule has 0 bridgehead atoms. The zero-order valence-corrected chi connectivity index (χ0v) is 21.3. The number of carbonyl (C=O) groups excluding carboxylic acids is 2. The van der Waals surface area contributed by atoms with Gasteiger partial charge in [-0.2, -0.15) is 0 Å². The number of hydrogen-bond donors (Lipinski definition) is 0. The molecule has 0 aliphatic carbocycles. The molecule has 32 heavy (non-hydrogen) atoms. The highest BCUT2D eigenvalue weighted by molar-refractivity contribution is 9.11. The topological polar surface area (TPSA) is 46.6 Å². The van der Waals surface area contributed by atoms with Gasteiger partial charge in [-0.25, -0.2) is 0 Å². The Hall–Kier alpha value is -2.06. The fraction of sp³-hybridized carbons (Fsp3) is 0.0833. The summed E-state index contributed by atoms with van der Waals surface area (Å²) in [7, 11) is 0. The first-order valence-corrected chi connectivity index (χ1v) is 12.3. The Morgan fingerprint density at radius 3 is 2.31 bits per heavy atom. The van der Waals surface area contributed by atoms with Crippen LogP contribution in [0, 0.1) is 0 Å². The summed E-state index contributed by atoms with van der Waals surface area (Å²) in [5, 5.41) is 0.366. The van der Waals surface area contributed by atoms with E-state index in [0.29, 0.717) is 31.2 Å². The second kappa shape index (κ2) is 10.3. The van der Waals surface area contributed by atoms with E-state index in [0.717, 1.165) is 28.5 Å². The highest BCUT2D eigenvalue weighted by atomic mass is 79.9. The van der Waals surface area contributed by atoms with Gasteiger partial charge in [-0.1, -0.05) is 60.1 Å². The molecule has 0 radical (unpaired) electrons. The van der Waals surface area contributed by atoms with Crippen molar-refractivity contribution in [3.8, 4) is 5.75 Å². The lowest BCUT2D eigenvalue weighted by Crippen LogP contribution is -2.27. The van der Waals surface area contributed by atoms with Crippen molar-refractivity contribution in [2.75, 3.05) is 0 Å². The van der Waals surface area contributed by atoms with Crippen LogP contribution in [0.25, 0.3) is 6.08 Å². The maximum absolute atomic E-state index is 12.8. The lowest BCUT2D eigenvalue weighted by Gasteiger charge is -2.13. The highest BCUT2D eigenvalue weighted by Gasteiger charge is 2.35. The van der Waals surface area contributed by atoms with E-state index in [9.17, 15) is 9.59 Å². The van der Waals surface area contributed by atoms with Crippen LogP contribution in [0.3, 0.4) is 0 Å². The monoisotopic (exact) mass is 591 g/mol. The summed E-state index contributed by atoms with van der Waals surface area (Å²) in [4.78, 5) is 26.9. The Morgan fingerprint density at radius 1 is 0.969 bits per heavy atom. The minimum absolute atomic E-state index is 0.255. The van der Waals surface area contributed by atoms with Crippen LogP contribution in [-0.2, 0) is 17.9 Å². The summed E-state index contributed by atoms with van der Waals surface area (Å²) in [5.41, 5.74) is 2.55. The lowest BCUT2D eigenvalue weighted by molar-refractivity contribution is -0.123. The predicted octanol–water partition coefficient (Wildman–Crippen LogP) is 7.68. The van der Waals surface area contributed by atoms with Crippen LogP contribution in [0.4, 0.5) is 4.79 Å². The van der Waals surface area contributed by atoms with Gasteiger partial charge < -0.3 is 4.74 Å². The second-order valence-electron chi connectivity index (χ2n) is 6.95. The Bertz CT molecular complexity index is 1190. The van der Waals surface area contributed by atoms with Crippen molar-refractivity contribution < 1.29 is 14.3 Å². The molecule has 3 aromatic rings. The fourth-order valence-electron chi connectivity index (χ4n) is 3.12. The van der Waals surface area contributed by atoms with Crippen molar-refractivity contribution >= 4 is 72.4 Å². The first kappa shape index (κ1) is 23.1. The summed E-state index contributed by atoms with van der Waals surface area (Å²) in [6.07, 6.45) is 1.71. The summed E-state index contributed by atoms with van der Waals surface area (Å²) in [6.45, 7) is 0.569. The van der Waals surface area contributed by atoms with E-state index >= 15 is 0 Å². The van der Waals surface area contributed by atoms with Gasteiger partial charge in [-0.3, -0.25) is 14.5 Å². The van der Waals surface area contributed by atoms with E-state index in [2.05, 4.69) is 31.9 Å². The van der Waals surface area contributed by atoms with Crippen molar-refractivity contribution in [1.29, 1.82) is 0 Å². The van der Waals surface area contributed by atoms with Crippen molar-refractivity contribution in [2.45, 2.75) is 13.2 Å². The maximum Gasteiger partial charge on any atom is 0.293 e. The van der Waals surface area contributed by atoms with Gasteiger partial charge in [0.15, 0.2) is 0 Å². The molecule has 4 rings (SSSR count). The molecule has 2 amide bonds. The quantitative estimate of drug-likeness (QED) is 0.275. The zero-order chi connectivity index (χ0) is 22.7. The van der Waals surface area contributed by atoms with E-state index in [-0.39, 0.29) is 17.7 Å². The van der Waals surface area contributed by atoms with Crippen LogP contribution in [-0.4, -0.2) is 16.0 Å². The van der Waals surface area contributed by atoms with Gasteiger partial charge in [0.2, 0.25) is 0 Å². The molecule has 4 nitrogen and oxygen atoms in total. The minimum atomic E-state index is -0.296. The van der Waals surface area contributed by atoms with Crippen molar-refractivity contribution in [3.63, 3.8) is 0 Å². The Balaban J connectivity index is 1.51. The second-order valence-corrected chi connectivity index (χ2v) is 10.1. The van der Waals surface area contributed by atoms with E-state index < -0.39 is 0 Å². The maximum atomic E-state index is 12.8. The predicted molar refractivity (Wildman–Crippen MR) is 136 cm³/mol. The van der Waals surface area contributed by atoms with Crippen LogP contribution >= 0.6 is 55.2 Å². The largest absolute Gasteiger partial charge is 0.486 e. The molecule has 3 aromatic carbocycles. The third-order valence-electron chi connectivity index (χ3n) is 4.71. The van der Waals surface area contributed by atoms with Crippen LogP contribution in [0.5, 0.6) is 5.75 Å². The molecule has 0 unspecified atom stereocenters. The third-order valence-corrected chi connectivity index (χ3v) is 7.16. The molecule has 0 atom stereocenters. The summed E-state index contributed by atoms with van der Waals surface area (Å²) >= 11 is 14.2. The van der Waals surface area contributed by atoms with E-state index in [1.54, 1.807) is 6.08 Å². The average molecular weight is 594 g/mol. The molecule has 0 saturated carbocycles. The van der Waals surface area contributed by atoms with Crippen molar-refractivity contribution in [3.05, 3.63) is 102 Å². The number of halogens is 3. The van der Waals surface area contributed by atoms with Gasteiger partial charge in [0.05, 0.1) is 20.4 Å². The molecule has 1 saturated heterocycles. The van der Waals surface area contributed by atoms with Gasteiger partial charge in [0.25, 0.3) is 11.1 Å². The molecule has 0 N–H and O–H groups in total. The van der Waals surface area contributed by atoms with Gasteiger partial charge in [0.1, 0.15) is 12.4 Å². The Labute approximate surface area is 211 Å². The lowest BCUT2D eigenvalue weighted by atomic mass is 10.2. The standard InChI is InChI=1S/C24H16Br2ClNO3S/c25-18-10-16(11-19(26)22(18)31-14-17-8-4-5-9-20(17)27)12-21-23(29)28(24(30)32-21)13-15-6-2-1-3-7-15/h1-12H,13-14H2/b21-12+. The number of thioether (sulfide) groups is 1. The number of imide groups is 1. The van der Waals surface area contributed by atoms with Gasteiger partial charge in [0, 0.05) is 10.6 Å². The van der Waals surface area contributed by atoms with E-state index in [1.165, 1.54) is 4.90 Å².